The molecule has 1 N–H and O–H groups in total. The van der Waals surface area contributed by atoms with Crippen LogP contribution in [0, 0.1) is 5.92 Å². The van der Waals surface area contributed by atoms with Gasteiger partial charge < -0.3 is 5.32 Å². The maximum Gasteiger partial charge on any atom is 0.157 e. The lowest BCUT2D eigenvalue weighted by Gasteiger charge is -2.16. The fourth-order valence-corrected chi connectivity index (χ4v) is 1.25. The fraction of sp³-hybridized carbons (Fsp3) is 0.800. The van der Waals surface area contributed by atoms with Gasteiger partial charge in [-0.2, -0.15) is 0 Å². The van der Waals surface area contributed by atoms with Crippen molar-refractivity contribution in [2.45, 2.75) is 39.7 Å². The fourth-order valence-electron chi connectivity index (χ4n) is 1.25. The van der Waals surface area contributed by atoms with Crippen LogP contribution >= 0.6 is 0 Å². The highest BCUT2D eigenvalue weighted by Gasteiger charge is 2.18. The van der Waals surface area contributed by atoms with Crippen molar-refractivity contribution in [3.05, 3.63) is 0 Å². The van der Waals surface area contributed by atoms with E-state index < -0.39 is 0 Å². The van der Waals surface area contributed by atoms with E-state index in [0.717, 1.165) is 6.42 Å². The molecule has 0 spiro atoms. The molecule has 3 heteroatoms. The van der Waals surface area contributed by atoms with E-state index in [9.17, 15) is 9.59 Å². The highest BCUT2D eigenvalue weighted by atomic mass is 16.1. The number of hydrogen-bond donors (Lipinski definition) is 1. The van der Waals surface area contributed by atoms with E-state index in [1.165, 1.54) is 6.92 Å². The van der Waals surface area contributed by atoms with Gasteiger partial charge >= 0.3 is 0 Å². The first-order chi connectivity index (χ1) is 5.97. The van der Waals surface area contributed by atoms with E-state index in [1.54, 1.807) is 7.05 Å². The van der Waals surface area contributed by atoms with E-state index in [1.807, 2.05) is 0 Å². The Hall–Kier alpha value is -0.700. The van der Waals surface area contributed by atoms with Crippen LogP contribution < -0.4 is 5.32 Å². The summed E-state index contributed by atoms with van der Waals surface area (Å²) in [6, 6.07) is -0.163. The maximum atomic E-state index is 11.4. The normalized spacial score (nSPS) is 13.0. The predicted molar refractivity (Wildman–Crippen MR) is 52.6 cm³/mol. The van der Waals surface area contributed by atoms with Crippen molar-refractivity contribution in [1.82, 2.24) is 5.32 Å². The summed E-state index contributed by atoms with van der Waals surface area (Å²) in [5.74, 6) is 0.408. The van der Waals surface area contributed by atoms with Gasteiger partial charge in [0.2, 0.25) is 0 Å². The Morgan fingerprint density at radius 1 is 1.31 bits per heavy atom. The van der Waals surface area contributed by atoms with Crippen molar-refractivity contribution in [1.29, 1.82) is 0 Å². The van der Waals surface area contributed by atoms with Crippen LogP contribution in [0.4, 0.5) is 0 Å². The first kappa shape index (κ1) is 12.3. The lowest BCUT2D eigenvalue weighted by atomic mass is 9.98. The molecule has 0 aliphatic carbocycles. The number of carbonyl (C=O) groups excluding carboxylic acids is 2. The number of rotatable bonds is 6. The van der Waals surface area contributed by atoms with Gasteiger partial charge in [0.1, 0.15) is 5.78 Å². The number of carbonyl (C=O) groups is 2. The van der Waals surface area contributed by atoms with Crippen molar-refractivity contribution in [3.63, 3.8) is 0 Å². The van der Waals surface area contributed by atoms with Crippen LogP contribution in [0.25, 0.3) is 0 Å². The average molecular weight is 185 g/mol. The molecule has 0 aliphatic heterocycles. The van der Waals surface area contributed by atoms with Gasteiger partial charge in [0.05, 0.1) is 12.5 Å². The topological polar surface area (TPSA) is 46.2 Å². The van der Waals surface area contributed by atoms with E-state index in [2.05, 4.69) is 19.2 Å². The molecule has 0 rings (SSSR count). The van der Waals surface area contributed by atoms with Gasteiger partial charge in [-0.1, -0.05) is 13.8 Å². The molecule has 0 amide bonds. The van der Waals surface area contributed by atoms with Crippen LogP contribution in [0.5, 0.6) is 0 Å². The minimum atomic E-state index is -0.163. The largest absolute Gasteiger partial charge is 0.311 e. The summed E-state index contributed by atoms with van der Waals surface area (Å²) in [4.78, 5) is 22.1. The van der Waals surface area contributed by atoms with Crippen molar-refractivity contribution in [2.24, 2.45) is 5.92 Å². The quantitative estimate of drug-likeness (QED) is 0.632. The molecule has 0 fully saturated rings. The molecule has 1 atom stereocenters. The summed E-state index contributed by atoms with van der Waals surface area (Å²) in [5.41, 5.74) is 0. The van der Waals surface area contributed by atoms with E-state index in [0.29, 0.717) is 5.92 Å². The van der Waals surface area contributed by atoms with Crippen LogP contribution in [0.15, 0.2) is 0 Å². The smallest absolute Gasteiger partial charge is 0.157 e. The Labute approximate surface area is 79.9 Å². The van der Waals surface area contributed by atoms with Crippen molar-refractivity contribution in [2.75, 3.05) is 7.05 Å². The van der Waals surface area contributed by atoms with Gasteiger partial charge in [-0.05, 0) is 26.3 Å². The second-order valence-corrected chi connectivity index (χ2v) is 3.82. The van der Waals surface area contributed by atoms with Crippen LogP contribution in [0.2, 0.25) is 0 Å². The van der Waals surface area contributed by atoms with Gasteiger partial charge in [-0.25, -0.2) is 0 Å². The summed E-state index contributed by atoms with van der Waals surface area (Å²) in [5, 5.41) is 2.94. The number of hydrogen-bond acceptors (Lipinski definition) is 3. The first-order valence-electron chi connectivity index (χ1n) is 4.66. The zero-order chi connectivity index (χ0) is 10.4. The highest BCUT2D eigenvalue weighted by Crippen LogP contribution is 2.06. The van der Waals surface area contributed by atoms with E-state index in [-0.39, 0.29) is 24.0 Å². The Morgan fingerprint density at radius 2 is 1.85 bits per heavy atom. The number of likely N-dealkylation sites (N-methyl/N-ethyl adjacent to an activating group) is 1. The molecule has 13 heavy (non-hydrogen) atoms. The first-order valence-corrected chi connectivity index (χ1v) is 4.66. The summed E-state index contributed by atoms with van der Waals surface area (Å²) >= 11 is 0. The second kappa shape index (κ2) is 5.86. The van der Waals surface area contributed by atoms with E-state index >= 15 is 0 Å². The molecule has 3 nitrogen and oxygen atoms in total. The van der Waals surface area contributed by atoms with Crippen molar-refractivity contribution >= 4 is 11.6 Å². The Morgan fingerprint density at radius 3 is 2.15 bits per heavy atom. The number of nitrogens with one attached hydrogen (secondary N) is 1. The van der Waals surface area contributed by atoms with Gasteiger partial charge in [-0.15, -0.1) is 0 Å². The zero-order valence-corrected chi connectivity index (χ0v) is 8.89. The monoisotopic (exact) mass is 185 g/mol. The van der Waals surface area contributed by atoms with E-state index in [4.69, 9.17) is 0 Å². The maximum absolute atomic E-state index is 11.4. The van der Waals surface area contributed by atoms with Gasteiger partial charge in [-0.3, -0.25) is 9.59 Å². The third-order valence-corrected chi connectivity index (χ3v) is 1.87. The molecule has 0 unspecified atom stereocenters. The second-order valence-electron chi connectivity index (χ2n) is 3.82. The summed E-state index contributed by atoms with van der Waals surface area (Å²) in [6.45, 7) is 5.57. The highest BCUT2D eigenvalue weighted by molar-refractivity contribution is 6.00. The molecule has 0 heterocycles. The zero-order valence-electron chi connectivity index (χ0n) is 8.89. The molecular formula is C10H19NO2. The summed E-state index contributed by atoms with van der Waals surface area (Å²) < 4.78 is 0. The molecule has 0 aromatic heterocycles. The minimum absolute atomic E-state index is 0.00343. The molecule has 0 saturated heterocycles. The van der Waals surface area contributed by atoms with Gasteiger partial charge in [0.25, 0.3) is 0 Å². The average Bonchev–Trinajstić information content (AvgIpc) is 1.98. The lowest BCUT2D eigenvalue weighted by molar-refractivity contribution is -0.127. The lowest BCUT2D eigenvalue weighted by Crippen LogP contribution is -2.36. The summed E-state index contributed by atoms with van der Waals surface area (Å²) in [7, 11) is 1.76. The minimum Gasteiger partial charge on any atom is -0.311 e. The third kappa shape index (κ3) is 5.53. The van der Waals surface area contributed by atoms with Crippen LogP contribution in [-0.2, 0) is 9.59 Å². The number of Topliss-reactive ketones (excluding diaryl/α,β-unsaturated/α-hetero) is 2. The Bertz CT molecular complexity index is 187. The van der Waals surface area contributed by atoms with Crippen LogP contribution in [0.3, 0.4) is 0 Å². The molecule has 0 aromatic carbocycles. The Balaban J connectivity index is 4.07. The predicted octanol–water partition coefficient (Wildman–Crippen LogP) is 1.17. The van der Waals surface area contributed by atoms with Crippen LogP contribution in [0.1, 0.15) is 33.6 Å². The number of ketones is 2. The van der Waals surface area contributed by atoms with Crippen molar-refractivity contribution in [3.8, 4) is 0 Å². The van der Waals surface area contributed by atoms with Crippen molar-refractivity contribution < 1.29 is 9.59 Å². The SMILES string of the molecule is CN[C@H](CC(C)C)C(=O)CC(C)=O. The molecular weight excluding hydrogens is 166 g/mol. The third-order valence-electron chi connectivity index (χ3n) is 1.87. The van der Waals surface area contributed by atoms with Gasteiger partial charge in [0, 0.05) is 0 Å². The molecule has 0 aliphatic rings. The van der Waals surface area contributed by atoms with Crippen LogP contribution in [-0.4, -0.2) is 24.7 Å². The molecule has 0 saturated carbocycles. The Kier molecular flexibility index (Phi) is 5.55. The molecule has 0 bridgehead atoms. The summed E-state index contributed by atoms with van der Waals surface area (Å²) in [6.07, 6.45) is 0.848. The van der Waals surface area contributed by atoms with Gasteiger partial charge in [0.15, 0.2) is 5.78 Å². The molecule has 0 aromatic rings. The molecule has 76 valence electrons. The standard InChI is InChI=1S/C10H19NO2/c1-7(2)5-9(11-4)10(13)6-8(3)12/h7,9,11H,5-6H2,1-4H3/t9-/m1/s1. The molecule has 0 radical (unpaired) electrons.